The van der Waals surface area contributed by atoms with E-state index in [4.69, 9.17) is 23.2 Å². The van der Waals surface area contributed by atoms with Crippen LogP contribution in [0.25, 0.3) is 0 Å². The van der Waals surface area contributed by atoms with Gasteiger partial charge in [0.05, 0.1) is 11.8 Å². The van der Waals surface area contributed by atoms with E-state index in [-0.39, 0.29) is 6.42 Å². The van der Waals surface area contributed by atoms with E-state index in [1.807, 2.05) is 105 Å². The Hall–Kier alpha value is -3.45. The molecule has 1 saturated heterocycles. The summed E-state index contributed by atoms with van der Waals surface area (Å²) in [5.74, 6) is -3.39. The molecular formula is C35H27BrCl2N2O3. The lowest BCUT2D eigenvalue weighted by molar-refractivity contribution is -0.146. The zero-order valence-electron chi connectivity index (χ0n) is 23.4. The van der Waals surface area contributed by atoms with Crippen LogP contribution in [0.2, 0.25) is 0 Å². The Bertz CT molecular complexity index is 1700. The van der Waals surface area contributed by atoms with E-state index < -0.39 is 45.3 Å². The van der Waals surface area contributed by atoms with Crippen molar-refractivity contribution >= 4 is 62.5 Å². The molecule has 2 bridgehead atoms. The summed E-state index contributed by atoms with van der Waals surface area (Å²) in [5, 5.41) is 2.99. The molecule has 1 fully saturated rings. The van der Waals surface area contributed by atoms with E-state index in [1.54, 1.807) is 0 Å². The van der Waals surface area contributed by atoms with Gasteiger partial charge in [0, 0.05) is 16.6 Å². The summed E-state index contributed by atoms with van der Waals surface area (Å²) >= 11 is 18.8. The number of anilines is 1. The number of aryl methyl sites for hydroxylation is 2. The fourth-order valence-electron chi connectivity index (χ4n) is 7.38. The molecule has 3 atom stereocenters. The maximum atomic E-state index is 14.6. The van der Waals surface area contributed by atoms with Crippen LogP contribution in [0.15, 0.2) is 95.5 Å². The van der Waals surface area contributed by atoms with Crippen LogP contribution in [-0.4, -0.2) is 28.7 Å². The van der Waals surface area contributed by atoms with Gasteiger partial charge in [-0.1, -0.05) is 94.8 Å². The summed E-state index contributed by atoms with van der Waals surface area (Å²) in [6, 6.07) is 27.0. The summed E-state index contributed by atoms with van der Waals surface area (Å²) in [4.78, 5) is 41.9. The molecule has 8 heteroatoms. The van der Waals surface area contributed by atoms with Gasteiger partial charge in [0.25, 0.3) is 0 Å². The maximum Gasteiger partial charge on any atom is 0.248 e. The molecule has 1 aliphatic heterocycles. The van der Waals surface area contributed by atoms with Crippen LogP contribution in [0.1, 0.15) is 38.9 Å². The molecule has 43 heavy (non-hydrogen) atoms. The zero-order chi connectivity index (χ0) is 30.3. The normalized spacial score (nSPS) is 25.7. The lowest BCUT2D eigenvalue weighted by atomic mass is 9.54. The van der Waals surface area contributed by atoms with Crippen molar-refractivity contribution in [3.8, 4) is 0 Å². The molecule has 0 spiro atoms. The largest absolute Gasteiger partial charge is 0.324 e. The van der Waals surface area contributed by atoms with Crippen LogP contribution in [0.5, 0.6) is 0 Å². The van der Waals surface area contributed by atoms with Crippen molar-refractivity contribution in [3.05, 3.63) is 134 Å². The average molecular weight is 674 g/mol. The molecule has 4 aromatic rings. The Balaban J connectivity index is 1.36. The summed E-state index contributed by atoms with van der Waals surface area (Å²) in [6.07, 6.45) is 0.141. The van der Waals surface area contributed by atoms with Crippen LogP contribution in [0, 0.1) is 25.7 Å². The molecule has 3 aliphatic carbocycles. The predicted octanol–water partition coefficient (Wildman–Crippen LogP) is 7.21. The first-order chi connectivity index (χ1) is 20.6. The minimum atomic E-state index is -1.32. The minimum Gasteiger partial charge on any atom is -0.324 e. The lowest BCUT2D eigenvalue weighted by Crippen LogP contribution is -2.57. The van der Waals surface area contributed by atoms with E-state index in [0.29, 0.717) is 5.69 Å². The van der Waals surface area contributed by atoms with Crippen molar-refractivity contribution in [2.45, 2.75) is 36.1 Å². The van der Waals surface area contributed by atoms with Gasteiger partial charge in [-0.3, -0.25) is 19.3 Å². The van der Waals surface area contributed by atoms with Crippen LogP contribution < -0.4 is 5.32 Å². The minimum absolute atomic E-state index is 0.141. The molecule has 0 aromatic heterocycles. The number of hydrogen-bond donors (Lipinski definition) is 1. The molecular weight excluding hydrogens is 647 g/mol. The number of benzene rings is 4. The number of nitrogens with zero attached hydrogens (tertiary/aromatic N) is 1. The van der Waals surface area contributed by atoms with Gasteiger partial charge in [-0.15, -0.1) is 23.2 Å². The first-order valence-electron chi connectivity index (χ1n) is 14.1. The third kappa shape index (κ3) is 3.92. The molecule has 0 saturated carbocycles. The molecule has 5 nitrogen and oxygen atoms in total. The van der Waals surface area contributed by atoms with Crippen molar-refractivity contribution in [2.75, 3.05) is 5.32 Å². The summed E-state index contributed by atoms with van der Waals surface area (Å²) in [5.41, 5.74) is 6.19. The summed E-state index contributed by atoms with van der Waals surface area (Å²) in [6.45, 7) is 3.88. The Morgan fingerprint density at radius 1 is 0.791 bits per heavy atom. The highest BCUT2D eigenvalue weighted by atomic mass is 79.9. The van der Waals surface area contributed by atoms with E-state index in [9.17, 15) is 14.4 Å². The first-order valence-corrected chi connectivity index (χ1v) is 15.7. The Morgan fingerprint density at radius 3 is 1.65 bits per heavy atom. The van der Waals surface area contributed by atoms with Crippen molar-refractivity contribution in [3.63, 3.8) is 0 Å². The fraction of sp³-hybridized carbons (Fsp3) is 0.229. The molecule has 1 N–H and O–H groups in total. The van der Waals surface area contributed by atoms with Crippen molar-refractivity contribution in [1.29, 1.82) is 0 Å². The van der Waals surface area contributed by atoms with E-state index >= 15 is 0 Å². The topological polar surface area (TPSA) is 66.5 Å². The summed E-state index contributed by atoms with van der Waals surface area (Å²) < 4.78 is 0.953. The lowest BCUT2D eigenvalue weighted by Gasteiger charge is -2.54. The molecule has 4 aromatic carbocycles. The monoisotopic (exact) mass is 672 g/mol. The molecule has 216 valence electrons. The van der Waals surface area contributed by atoms with Crippen molar-refractivity contribution in [1.82, 2.24) is 4.90 Å². The number of hydrogen-bond acceptors (Lipinski definition) is 3. The highest BCUT2D eigenvalue weighted by molar-refractivity contribution is 9.10. The average Bonchev–Trinajstić information content (AvgIpc) is 3.28. The first kappa shape index (κ1) is 28.3. The standard InChI is InChI=1S/C35H27BrCl2N2O3/c1-19-16-22(17-20(2)30(19)36)39-31(41)27(18-21-10-4-3-5-11-21)40-32(42)28-29(33(40)43)35(38)24-13-7-6-12-23(24)34(28,37)25-14-8-9-15-26(25)35/h3-17,27-29H,18H2,1-2H3,(H,39,41)/t27-,28-,29+,34?,35?/m0/s1. The van der Waals surface area contributed by atoms with Gasteiger partial charge in [-0.25, -0.2) is 0 Å². The van der Waals surface area contributed by atoms with Gasteiger partial charge in [0.2, 0.25) is 17.7 Å². The summed E-state index contributed by atoms with van der Waals surface area (Å²) in [7, 11) is 0. The van der Waals surface area contributed by atoms with Gasteiger partial charge in [0.1, 0.15) is 15.8 Å². The highest BCUT2D eigenvalue weighted by Gasteiger charge is 2.73. The Morgan fingerprint density at radius 2 is 1.21 bits per heavy atom. The smallest absolute Gasteiger partial charge is 0.248 e. The second-order valence-corrected chi connectivity index (χ2v) is 13.6. The van der Waals surface area contributed by atoms with Crippen LogP contribution in [0.4, 0.5) is 5.69 Å². The Kier molecular flexibility index (Phi) is 6.62. The third-order valence-electron chi connectivity index (χ3n) is 9.21. The second-order valence-electron chi connectivity index (χ2n) is 11.6. The fourth-order valence-corrected chi connectivity index (χ4v) is 8.70. The number of carbonyl (C=O) groups excluding carboxylic acids is 3. The van der Waals surface area contributed by atoms with Crippen molar-refractivity contribution in [2.24, 2.45) is 11.8 Å². The zero-order valence-corrected chi connectivity index (χ0v) is 26.5. The van der Waals surface area contributed by atoms with Gasteiger partial charge in [-0.05, 0) is 64.9 Å². The number of rotatable bonds is 5. The molecule has 0 unspecified atom stereocenters. The van der Waals surface area contributed by atoms with E-state index in [1.165, 1.54) is 0 Å². The Labute approximate surface area is 268 Å². The number of alkyl halides is 2. The molecule has 3 amide bonds. The number of carbonyl (C=O) groups is 3. The van der Waals surface area contributed by atoms with E-state index in [2.05, 4.69) is 21.2 Å². The number of nitrogens with one attached hydrogen (secondary N) is 1. The number of halogens is 3. The van der Waals surface area contributed by atoms with Gasteiger partial charge < -0.3 is 5.32 Å². The number of likely N-dealkylation sites (tertiary alicyclic amines) is 1. The predicted molar refractivity (Wildman–Crippen MR) is 171 cm³/mol. The molecule has 0 radical (unpaired) electrons. The molecule has 1 heterocycles. The number of imide groups is 1. The van der Waals surface area contributed by atoms with Crippen LogP contribution >= 0.6 is 39.1 Å². The highest BCUT2D eigenvalue weighted by Crippen LogP contribution is 2.69. The quantitative estimate of drug-likeness (QED) is 0.180. The number of amides is 3. The van der Waals surface area contributed by atoms with Crippen LogP contribution in [0.3, 0.4) is 0 Å². The molecule has 8 rings (SSSR count). The third-order valence-corrected chi connectivity index (χ3v) is 11.7. The SMILES string of the molecule is Cc1cc(NC(=O)[C@H](Cc2ccccc2)N2C(=O)[C@@H]3[C@H](C2=O)C2(Cl)c4ccccc4C3(Cl)c3ccccc32)cc(C)c1Br. The maximum absolute atomic E-state index is 14.6. The van der Waals surface area contributed by atoms with Gasteiger partial charge >= 0.3 is 0 Å². The van der Waals surface area contributed by atoms with Gasteiger partial charge in [0.15, 0.2) is 0 Å². The van der Waals surface area contributed by atoms with E-state index in [0.717, 1.165) is 48.3 Å². The van der Waals surface area contributed by atoms with Crippen molar-refractivity contribution < 1.29 is 14.4 Å². The van der Waals surface area contributed by atoms with Gasteiger partial charge in [-0.2, -0.15) is 0 Å². The van der Waals surface area contributed by atoms with Crippen LogP contribution in [-0.2, 0) is 30.6 Å². The molecule has 4 aliphatic rings. The second kappa shape index (κ2) is 10.0.